The molecule has 0 radical (unpaired) electrons. The molecule has 0 spiro atoms. The van der Waals surface area contributed by atoms with E-state index in [0.29, 0.717) is 0 Å². The number of rotatable bonds is 2. The summed E-state index contributed by atoms with van der Waals surface area (Å²) in [6.45, 7) is 0. The lowest BCUT2D eigenvalue weighted by Crippen LogP contribution is -1.85. The van der Waals surface area contributed by atoms with Crippen LogP contribution in [0.4, 0.5) is 0 Å². The van der Waals surface area contributed by atoms with Crippen molar-refractivity contribution < 1.29 is 8.83 Å². The number of furan rings is 2. The first-order chi connectivity index (χ1) is 29.5. The van der Waals surface area contributed by atoms with Crippen molar-refractivity contribution in [2.75, 3.05) is 0 Å². The molecule has 0 aliphatic carbocycles. The van der Waals surface area contributed by atoms with Crippen molar-refractivity contribution in [3.05, 3.63) is 203 Å². The van der Waals surface area contributed by atoms with Crippen LogP contribution < -0.4 is 0 Å². The standard InChI is InChI=1S/C28H15BrO.C28H17BrO/c29-17-10-12-26-23(13-17)24-14-22-20-8-4-3-7-19(20)21-11-9-16-5-1-2-6-18(16)28(21)25(22)15-27(24)30-26;29-22-12-14-28-26(17-22)25-16-21(11-13-27(25)30-28)24-8-4-3-7-23(24)20-10-9-18-5-1-2-6-19(18)15-20/h1-15H;1-17H. The Labute approximate surface area is 361 Å². The van der Waals surface area contributed by atoms with Gasteiger partial charge in [-0.15, -0.1) is 0 Å². The summed E-state index contributed by atoms with van der Waals surface area (Å²) < 4.78 is 14.4. The minimum atomic E-state index is 0.910. The molecule has 2 heterocycles. The lowest BCUT2D eigenvalue weighted by Gasteiger charge is -2.13. The van der Waals surface area contributed by atoms with Crippen molar-refractivity contribution in [2.45, 2.75) is 0 Å². The van der Waals surface area contributed by atoms with Crippen LogP contribution in [0.3, 0.4) is 0 Å². The van der Waals surface area contributed by atoms with E-state index >= 15 is 0 Å². The molecule has 0 fully saturated rings. The van der Waals surface area contributed by atoms with Crippen LogP contribution in [-0.4, -0.2) is 0 Å². The molecule has 4 heteroatoms. The molecule has 0 saturated carbocycles. The third kappa shape index (κ3) is 5.74. The number of hydrogen-bond acceptors (Lipinski definition) is 2. The van der Waals surface area contributed by atoms with Crippen LogP contribution in [0.5, 0.6) is 0 Å². The van der Waals surface area contributed by atoms with E-state index in [1.807, 2.05) is 24.3 Å². The summed E-state index contributed by atoms with van der Waals surface area (Å²) in [7, 11) is 0. The summed E-state index contributed by atoms with van der Waals surface area (Å²) in [5, 5.41) is 17.3. The zero-order valence-corrected chi connectivity index (χ0v) is 35.2. The Morgan fingerprint density at radius 2 is 0.767 bits per heavy atom. The molecule has 0 unspecified atom stereocenters. The quantitative estimate of drug-likeness (QED) is 0.162. The lowest BCUT2D eigenvalue weighted by atomic mass is 9.90. The Bertz CT molecular complexity index is 3870. The van der Waals surface area contributed by atoms with E-state index in [2.05, 4.69) is 202 Å². The SMILES string of the molecule is Brc1ccc2oc3cc4c(cc3c2c1)c1ccccc1c1ccc2ccccc2c14.Brc1ccc2oc3ccc(-c4ccccc4-c4ccc5ccccc5c4)cc3c2c1. The molecule has 13 aromatic rings. The van der Waals surface area contributed by atoms with Crippen molar-refractivity contribution in [1.82, 2.24) is 0 Å². The first-order valence-corrected chi connectivity index (χ1v) is 21.6. The van der Waals surface area contributed by atoms with E-state index in [-0.39, 0.29) is 0 Å². The smallest absolute Gasteiger partial charge is 0.136 e. The third-order valence-corrected chi connectivity index (χ3v) is 13.0. The largest absolute Gasteiger partial charge is 0.456 e. The first kappa shape index (κ1) is 35.2. The number of hydrogen-bond donors (Lipinski definition) is 0. The fraction of sp³-hybridized carbons (Fsp3) is 0. The van der Waals surface area contributed by atoms with Crippen LogP contribution in [0.1, 0.15) is 0 Å². The second-order valence-corrected chi connectivity index (χ2v) is 17.3. The molecule has 0 N–H and O–H groups in total. The highest BCUT2D eigenvalue weighted by Gasteiger charge is 2.16. The van der Waals surface area contributed by atoms with Gasteiger partial charge in [0.25, 0.3) is 0 Å². The molecule has 0 aliphatic heterocycles. The third-order valence-electron chi connectivity index (χ3n) is 12.0. The molecule has 0 bridgehead atoms. The Morgan fingerprint density at radius 3 is 1.48 bits per heavy atom. The van der Waals surface area contributed by atoms with Crippen LogP contribution >= 0.6 is 31.9 Å². The molecular formula is C56H32Br2O2. The number of halogens is 2. The van der Waals surface area contributed by atoms with Crippen molar-refractivity contribution >= 4 is 130 Å². The molecule has 282 valence electrons. The van der Waals surface area contributed by atoms with Gasteiger partial charge < -0.3 is 8.83 Å². The van der Waals surface area contributed by atoms with Crippen LogP contribution in [-0.2, 0) is 0 Å². The fourth-order valence-electron chi connectivity index (χ4n) is 9.22. The first-order valence-electron chi connectivity index (χ1n) is 20.0. The van der Waals surface area contributed by atoms with Gasteiger partial charge in [-0.3, -0.25) is 0 Å². The van der Waals surface area contributed by atoms with Crippen LogP contribution in [0.2, 0.25) is 0 Å². The van der Waals surface area contributed by atoms with Crippen molar-refractivity contribution in [3.8, 4) is 22.3 Å². The molecule has 2 nitrogen and oxygen atoms in total. The normalized spacial score (nSPS) is 11.8. The van der Waals surface area contributed by atoms with E-state index in [1.165, 1.54) is 76.1 Å². The molecule has 60 heavy (non-hydrogen) atoms. The molecule has 2 aromatic heterocycles. The van der Waals surface area contributed by atoms with Crippen molar-refractivity contribution in [3.63, 3.8) is 0 Å². The second-order valence-electron chi connectivity index (χ2n) is 15.5. The summed E-state index contributed by atoms with van der Waals surface area (Å²) in [6.07, 6.45) is 0. The zero-order valence-electron chi connectivity index (χ0n) is 32.0. The van der Waals surface area contributed by atoms with Gasteiger partial charge in [0.2, 0.25) is 0 Å². The van der Waals surface area contributed by atoms with Crippen LogP contribution in [0, 0.1) is 0 Å². The summed E-state index contributed by atoms with van der Waals surface area (Å²) in [6, 6.07) is 69.1. The number of fused-ring (bicyclic) bond motifs is 15. The minimum absolute atomic E-state index is 0.910. The maximum Gasteiger partial charge on any atom is 0.136 e. The van der Waals surface area contributed by atoms with Gasteiger partial charge >= 0.3 is 0 Å². The van der Waals surface area contributed by atoms with Crippen LogP contribution in [0.15, 0.2) is 212 Å². The second kappa shape index (κ2) is 13.9. The predicted octanol–water partition coefficient (Wildman–Crippen LogP) is 17.8. The molecule has 0 atom stereocenters. The van der Waals surface area contributed by atoms with Crippen molar-refractivity contribution in [1.29, 1.82) is 0 Å². The van der Waals surface area contributed by atoms with Gasteiger partial charge in [-0.2, -0.15) is 0 Å². The monoisotopic (exact) mass is 894 g/mol. The molecule has 11 aromatic carbocycles. The summed E-state index contributed by atoms with van der Waals surface area (Å²) in [4.78, 5) is 0. The van der Waals surface area contributed by atoms with Crippen molar-refractivity contribution in [2.24, 2.45) is 0 Å². The molecule has 13 rings (SSSR count). The van der Waals surface area contributed by atoms with E-state index in [9.17, 15) is 0 Å². The molecular weight excluding hydrogens is 864 g/mol. The van der Waals surface area contributed by atoms with Gasteiger partial charge in [0.05, 0.1) is 0 Å². The van der Waals surface area contributed by atoms with E-state index in [4.69, 9.17) is 8.83 Å². The van der Waals surface area contributed by atoms with Gasteiger partial charge in [0.1, 0.15) is 22.3 Å². The summed E-state index contributed by atoms with van der Waals surface area (Å²) in [5.74, 6) is 0. The minimum Gasteiger partial charge on any atom is -0.456 e. The Kier molecular flexibility index (Phi) is 8.19. The maximum absolute atomic E-state index is 6.27. The highest BCUT2D eigenvalue weighted by atomic mass is 79.9. The highest BCUT2D eigenvalue weighted by Crippen LogP contribution is 2.43. The van der Waals surface area contributed by atoms with Gasteiger partial charge in [0.15, 0.2) is 0 Å². The highest BCUT2D eigenvalue weighted by molar-refractivity contribution is 9.10. The Morgan fingerprint density at radius 1 is 0.267 bits per heavy atom. The van der Waals surface area contributed by atoms with Gasteiger partial charge in [-0.25, -0.2) is 0 Å². The molecule has 0 amide bonds. The van der Waals surface area contributed by atoms with E-state index in [0.717, 1.165) is 52.8 Å². The van der Waals surface area contributed by atoms with Gasteiger partial charge in [-0.1, -0.05) is 159 Å². The topological polar surface area (TPSA) is 26.3 Å². The summed E-state index contributed by atoms with van der Waals surface area (Å²) in [5.41, 5.74) is 8.54. The van der Waals surface area contributed by atoms with Crippen LogP contribution in [0.25, 0.3) is 120 Å². The van der Waals surface area contributed by atoms with Gasteiger partial charge in [0, 0.05) is 30.5 Å². The lowest BCUT2D eigenvalue weighted by molar-refractivity contribution is 0.668. The fourth-order valence-corrected chi connectivity index (χ4v) is 9.95. The zero-order chi connectivity index (χ0) is 39.9. The predicted molar refractivity (Wildman–Crippen MR) is 261 cm³/mol. The van der Waals surface area contributed by atoms with E-state index < -0.39 is 0 Å². The Hall–Kier alpha value is -6.72. The van der Waals surface area contributed by atoms with Gasteiger partial charge in [-0.05, 0) is 143 Å². The average Bonchev–Trinajstić information content (AvgIpc) is 3.84. The summed E-state index contributed by atoms with van der Waals surface area (Å²) >= 11 is 7.20. The average molecular weight is 897 g/mol. The Balaban J connectivity index is 0.000000129. The molecule has 0 saturated heterocycles. The molecule has 0 aliphatic rings. The number of benzene rings is 11. The van der Waals surface area contributed by atoms with E-state index in [1.54, 1.807) is 0 Å². The maximum atomic E-state index is 6.27.